The number of aromatic nitrogens is 2. The highest BCUT2D eigenvalue weighted by atomic mass is 127. The Balaban J connectivity index is 0.00000242. The van der Waals surface area contributed by atoms with E-state index in [1.807, 2.05) is 18.7 Å². The summed E-state index contributed by atoms with van der Waals surface area (Å²) < 4.78 is 2.10. The molecule has 0 spiro atoms. The van der Waals surface area contributed by atoms with Crippen LogP contribution in [0.2, 0.25) is 0 Å². The first-order valence-corrected chi connectivity index (χ1v) is 8.28. The first-order valence-electron chi connectivity index (χ1n) is 8.28. The van der Waals surface area contributed by atoms with Crippen LogP contribution in [0.25, 0.3) is 0 Å². The Labute approximate surface area is 151 Å². The van der Waals surface area contributed by atoms with Gasteiger partial charge in [-0.3, -0.25) is 4.99 Å². The van der Waals surface area contributed by atoms with Gasteiger partial charge < -0.3 is 15.2 Å². The molecule has 126 valence electrons. The summed E-state index contributed by atoms with van der Waals surface area (Å²) in [7, 11) is 0. The van der Waals surface area contributed by atoms with Gasteiger partial charge in [0.25, 0.3) is 0 Å². The van der Waals surface area contributed by atoms with E-state index in [4.69, 9.17) is 0 Å². The summed E-state index contributed by atoms with van der Waals surface area (Å²) >= 11 is 0. The molecule has 0 atom stereocenters. The minimum atomic E-state index is 0. The van der Waals surface area contributed by atoms with Crippen molar-refractivity contribution >= 4 is 29.9 Å². The molecule has 2 N–H and O–H groups in total. The Morgan fingerprint density at radius 3 is 2.73 bits per heavy atom. The molecule has 0 amide bonds. The average Bonchev–Trinajstić information content (AvgIpc) is 2.99. The summed E-state index contributed by atoms with van der Waals surface area (Å²) in [4.78, 5) is 8.74. The van der Waals surface area contributed by atoms with E-state index in [1.165, 1.54) is 25.7 Å². The maximum absolute atomic E-state index is 4.69. The van der Waals surface area contributed by atoms with Crippen molar-refractivity contribution in [1.29, 1.82) is 0 Å². The fourth-order valence-electron chi connectivity index (χ4n) is 2.78. The highest BCUT2D eigenvalue weighted by molar-refractivity contribution is 14.0. The van der Waals surface area contributed by atoms with Crippen molar-refractivity contribution in [2.24, 2.45) is 10.9 Å². The van der Waals surface area contributed by atoms with Crippen molar-refractivity contribution in [2.45, 2.75) is 58.5 Å². The maximum atomic E-state index is 4.69. The van der Waals surface area contributed by atoms with Crippen LogP contribution in [0.4, 0.5) is 0 Å². The van der Waals surface area contributed by atoms with Gasteiger partial charge in [0.1, 0.15) is 0 Å². The molecule has 1 fully saturated rings. The molecule has 0 aliphatic heterocycles. The quantitative estimate of drug-likeness (QED) is 0.323. The molecule has 2 rings (SSSR count). The van der Waals surface area contributed by atoms with Crippen molar-refractivity contribution in [2.75, 3.05) is 13.1 Å². The highest BCUT2D eigenvalue weighted by Crippen LogP contribution is 2.23. The third kappa shape index (κ3) is 6.98. The zero-order chi connectivity index (χ0) is 14.9. The Hall–Kier alpha value is -0.790. The minimum absolute atomic E-state index is 0. The van der Waals surface area contributed by atoms with Crippen LogP contribution in [0.1, 0.15) is 46.0 Å². The number of rotatable bonds is 6. The number of hydrogen-bond acceptors (Lipinski definition) is 2. The summed E-state index contributed by atoms with van der Waals surface area (Å²) in [6.45, 7) is 7.20. The van der Waals surface area contributed by atoms with Gasteiger partial charge in [-0.25, -0.2) is 4.98 Å². The van der Waals surface area contributed by atoms with Gasteiger partial charge in [0.05, 0.1) is 6.33 Å². The zero-order valence-electron chi connectivity index (χ0n) is 13.8. The second-order valence-corrected chi connectivity index (χ2v) is 6.02. The molecule has 5 nitrogen and oxygen atoms in total. The molecule has 22 heavy (non-hydrogen) atoms. The second kappa shape index (κ2) is 10.9. The molecule has 1 aliphatic rings. The summed E-state index contributed by atoms with van der Waals surface area (Å²) in [5.41, 5.74) is 0. The van der Waals surface area contributed by atoms with E-state index in [9.17, 15) is 0 Å². The Morgan fingerprint density at radius 1 is 1.32 bits per heavy atom. The predicted octanol–water partition coefficient (Wildman–Crippen LogP) is 3.03. The van der Waals surface area contributed by atoms with Gasteiger partial charge in [-0.05, 0) is 44.9 Å². The molecular formula is C16H30IN5. The largest absolute Gasteiger partial charge is 0.357 e. The fourth-order valence-corrected chi connectivity index (χ4v) is 2.78. The van der Waals surface area contributed by atoms with Gasteiger partial charge in [-0.2, -0.15) is 0 Å². The lowest BCUT2D eigenvalue weighted by Crippen LogP contribution is -2.44. The molecule has 0 bridgehead atoms. The average molecular weight is 419 g/mol. The molecule has 0 radical (unpaired) electrons. The van der Waals surface area contributed by atoms with Crippen LogP contribution in [0.5, 0.6) is 0 Å². The predicted molar refractivity (Wildman–Crippen MR) is 103 cm³/mol. The van der Waals surface area contributed by atoms with E-state index in [2.05, 4.69) is 39.0 Å². The number of guanidine groups is 1. The summed E-state index contributed by atoms with van der Waals surface area (Å²) in [6, 6.07) is 0.590. The summed E-state index contributed by atoms with van der Waals surface area (Å²) in [5.74, 6) is 1.86. The van der Waals surface area contributed by atoms with E-state index in [-0.39, 0.29) is 24.0 Å². The topological polar surface area (TPSA) is 54.2 Å². The minimum Gasteiger partial charge on any atom is -0.357 e. The lowest BCUT2D eigenvalue weighted by atomic mass is 9.87. The van der Waals surface area contributed by atoms with E-state index in [1.54, 1.807) is 0 Å². The van der Waals surface area contributed by atoms with E-state index < -0.39 is 0 Å². The monoisotopic (exact) mass is 419 g/mol. The standard InChI is InChI=1S/C16H29N5.HI/c1-3-18-16(20-15-7-5-14(2)6-8-15)19-9-4-11-21-12-10-17-13-21;/h10,12-15H,3-9,11H2,1-2H3,(H2,18,19,20);1H. The smallest absolute Gasteiger partial charge is 0.191 e. The van der Waals surface area contributed by atoms with Crippen LogP contribution in [0.3, 0.4) is 0 Å². The first kappa shape index (κ1) is 19.3. The van der Waals surface area contributed by atoms with Crippen LogP contribution < -0.4 is 10.6 Å². The number of nitrogens with one attached hydrogen (secondary N) is 2. The van der Waals surface area contributed by atoms with E-state index in [0.717, 1.165) is 37.9 Å². The lowest BCUT2D eigenvalue weighted by molar-refractivity contribution is 0.329. The Bertz CT molecular complexity index is 410. The number of imidazole rings is 1. The van der Waals surface area contributed by atoms with Crippen LogP contribution in [0.15, 0.2) is 23.7 Å². The van der Waals surface area contributed by atoms with Crippen molar-refractivity contribution in [3.63, 3.8) is 0 Å². The second-order valence-electron chi connectivity index (χ2n) is 6.02. The van der Waals surface area contributed by atoms with Crippen LogP contribution in [-0.4, -0.2) is 34.6 Å². The summed E-state index contributed by atoms with van der Waals surface area (Å²) in [5, 5.41) is 6.95. The van der Waals surface area contributed by atoms with Gasteiger partial charge in [-0.15, -0.1) is 24.0 Å². The lowest BCUT2D eigenvalue weighted by Gasteiger charge is -2.28. The molecule has 0 unspecified atom stereocenters. The number of nitrogens with zero attached hydrogens (tertiary/aromatic N) is 3. The van der Waals surface area contributed by atoms with Gasteiger partial charge in [0, 0.05) is 38.1 Å². The van der Waals surface area contributed by atoms with Gasteiger partial charge >= 0.3 is 0 Å². The van der Waals surface area contributed by atoms with Gasteiger partial charge in [0.2, 0.25) is 0 Å². The number of hydrogen-bond donors (Lipinski definition) is 2. The molecule has 6 heteroatoms. The van der Waals surface area contributed by atoms with E-state index >= 15 is 0 Å². The van der Waals surface area contributed by atoms with Crippen molar-refractivity contribution in [1.82, 2.24) is 20.2 Å². The molecule has 1 heterocycles. The fraction of sp³-hybridized carbons (Fsp3) is 0.750. The van der Waals surface area contributed by atoms with Gasteiger partial charge in [-0.1, -0.05) is 6.92 Å². The SMILES string of the molecule is CCNC(=NCCCn1ccnc1)NC1CCC(C)CC1.I. The highest BCUT2D eigenvalue weighted by Gasteiger charge is 2.18. The number of aryl methyl sites for hydroxylation is 1. The number of halogens is 1. The molecule has 1 saturated carbocycles. The number of aliphatic imine (C=N–C) groups is 1. The van der Waals surface area contributed by atoms with Crippen molar-refractivity contribution < 1.29 is 0 Å². The Morgan fingerprint density at radius 2 is 2.09 bits per heavy atom. The normalized spacial score (nSPS) is 22.0. The molecule has 1 aromatic heterocycles. The first-order chi connectivity index (χ1) is 10.3. The Kier molecular flexibility index (Phi) is 9.50. The summed E-state index contributed by atoms with van der Waals surface area (Å²) in [6.07, 6.45) is 11.9. The molecule has 1 aromatic rings. The molecule has 0 saturated heterocycles. The zero-order valence-corrected chi connectivity index (χ0v) is 16.1. The maximum Gasteiger partial charge on any atom is 0.191 e. The van der Waals surface area contributed by atoms with Crippen molar-refractivity contribution in [3.05, 3.63) is 18.7 Å². The molecule has 1 aliphatic carbocycles. The van der Waals surface area contributed by atoms with Crippen LogP contribution >= 0.6 is 24.0 Å². The van der Waals surface area contributed by atoms with Crippen LogP contribution in [-0.2, 0) is 6.54 Å². The third-order valence-corrected chi connectivity index (χ3v) is 4.10. The molecular weight excluding hydrogens is 389 g/mol. The molecule has 0 aromatic carbocycles. The van der Waals surface area contributed by atoms with Crippen LogP contribution in [0, 0.1) is 5.92 Å². The van der Waals surface area contributed by atoms with Gasteiger partial charge in [0.15, 0.2) is 5.96 Å². The van der Waals surface area contributed by atoms with Crippen molar-refractivity contribution in [3.8, 4) is 0 Å². The van der Waals surface area contributed by atoms with E-state index in [0.29, 0.717) is 6.04 Å². The third-order valence-electron chi connectivity index (χ3n) is 4.10.